The zero-order valence-corrected chi connectivity index (χ0v) is 13.8. The number of hydrogen-bond acceptors (Lipinski definition) is 3. The van der Waals surface area contributed by atoms with E-state index < -0.39 is 0 Å². The molecule has 3 atom stereocenters. The Morgan fingerprint density at radius 1 is 1.14 bits per heavy atom. The van der Waals surface area contributed by atoms with Crippen LogP contribution in [0.25, 0.3) is 0 Å². The minimum absolute atomic E-state index is 0.480. The third kappa shape index (κ3) is 4.37. The molecule has 3 heteroatoms. The van der Waals surface area contributed by atoms with E-state index in [0.717, 1.165) is 23.8 Å². The maximum atomic E-state index is 5.38. The zero-order valence-electron chi connectivity index (χ0n) is 13.8. The summed E-state index contributed by atoms with van der Waals surface area (Å²) in [5.41, 5.74) is 1.29. The largest absolute Gasteiger partial charge is 0.493 e. The molecule has 0 radical (unpaired) electrons. The van der Waals surface area contributed by atoms with Gasteiger partial charge in [0.1, 0.15) is 0 Å². The lowest BCUT2D eigenvalue weighted by molar-refractivity contribution is 0.262. The minimum atomic E-state index is 0.480. The summed E-state index contributed by atoms with van der Waals surface area (Å²) < 4.78 is 10.7. The van der Waals surface area contributed by atoms with Crippen molar-refractivity contribution < 1.29 is 9.47 Å². The van der Waals surface area contributed by atoms with Gasteiger partial charge in [0, 0.05) is 12.1 Å². The standard InChI is InChI=1S/C18H29NO2/c1-13-7-5-6-8-16(13)19-14(2)11-15-9-10-17(20-3)18(12-15)21-4/h9-10,12-14,16,19H,5-8,11H2,1-4H3/t13-,14+,16+/m1/s1. The number of ether oxygens (including phenoxy) is 2. The van der Waals surface area contributed by atoms with Crippen LogP contribution in [0.4, 0.5) is 0 Å². The topological polar surface area (TPSA) is 30.5 Å². The average molecular weight is 291 g/mol. The molecule has 0 amide bonds. The van der Waals surface area contributed by atoms with Crippen molar-refractivity contribution in [1.82, 2.24) is 5.32 Å². The van der Waals surface area contributed by atoms with Gasteiger partial charge in [-0.2, -0.15) is 0 Å². The molecule has 1 N–H and O–H groups in total. The van der Waals surface area contributed by atoms with Crippen LogP contribution >= 0.6 is 0 Å². The molecule has 1 aliphatic rings. The highest BCUT2D eigenvalue weighted by Crippen LogP contribution is 2.28. The Balaban J connectivity index is 1.94. The molecule has 0 bridgehead atoms. The lowest BCUT2D eigenvalue weighted by Crippen LogP contribution is -2.43. The molecule has 1 saturated carbocycles. The Kier molecular flexibility index (Phi) is 5.92. The van der Waals surface area contributed by atoms with E-state index in [2.05, 4.69) is 31.3 Å². The lowest BCUT2D eigenvalue weighted by atomic mass is 9.85. The molecule has 3 nitrogen and oxygen atoms in total. The van der Waals surface area contributed by atoms with E-state index >= 15 is 0 Å². The van der Waals surface area contributed by atoms with Gasteiger partial charge < -0.3 is 14.8 Å². The Bertz CT molecular complexity index is 447. The van der Waals surface area contributed by atoms with Crippen LogP contribution in [-0.4, -0.2) is 26.3 Å². The molecule has 21 heavy (non-hydrogen) atoms. The van der Waals surface area contributed by atoms with Gasteiger partial charge >= 0.3 is 0 Å². The second kappa shape index (κ2) is 7.69. The molecule has 1 aromatic rings. The summed E-state index contributed by atoms with van der Waals surface area (Å²) in [6.45, 7) is 4.65. The Morgan fingerprint density at radius 2 is 1.86 bits per heavy atom. The Hall–Kier alpha value is -1.22. The van der Waals surface area contributed by atoms with E-state index in [1.807, 2.05) is 6.07 Å². The molecule has 0 aromatic heterocycles. The van der Waals surface area contributed by atoms with Crippen molar-refractivity contribution >= 4 is 0 Å². The van der Waals surface area contributed by atoms with Crippen molar-refractivity contribution in [2.75, 3.05) is 14.2 Å². The van der Waals surface area contributed by atoms with Crippen molar-refractivity contribution in [1.29, 1.82) is 0 Å². The lowest BCUT2D eigenvalue weighted by Gasteiger charge is -2.32. The number of hydrogen-bond donors (Lipinski definition) is 1. The van der Waals surface area contributed by atoms with Crippen LogP contribution in [0.15, 0.2) is 18.2 Å². The van der Waals surface area contributed by atoms with E-state index in [0.29, 0.717) is 12.1 Å². The maximum Gasteiger partial charge on any atom is 0.160 e. The summed E-state index contributed by atoms with van der Waals surface area (Å²) in [6, 6.07) is 7.36. The summed E-state index contributed by atoms with van der Waals surface area (Å²) in [5.74, 6) is 2.41. The van der Waals surface area contributed by atoms with E-state index in [1.54, 1.807) is 14.2 Å². The third-order valence-corrected chi connectivity index (χ3v) is 4.60. The first kappa shape index (κ1) is 16.2. The Labute approximate surface area is 129 Å². The van der Waals surface area contributed by atoms with Gasteiger partial charge in [-0.1, -0.05) is 25.8 Å². The van der Waals surface area contributed by atoms with Gasteiger partial charge in [-0.15, -0.1) is 0 Å². The average Bonchev–Trinajstić information content (AvgIpc) is 2.49. The van der Waals surface area contributed by atoms with Crippen LogP contribution in [0.3, 0.4) is 0 Å². The fraction of sp³-hybridized carbons (Fsp3) is 0.667. The Morgan fingerprint density at radius 3 is 2.52 bits per heavy atom. The quantitative estimate of drug-likeness (QED) is 0.864. The van der Waals surface area contributed by atoms with Crippen LogP contribution in [-0.2, 0) is 6.42 Å². The zero-order chi connectivity index (χ0) is 15.2. The van der Waals surface area contributed by atoms with Crippen molar-refractivity contribution in [3.63, 3.8) is 0 Å². The van der Waals surface area contributed by atoms with Gasteiger partial charge in [0.15, 0.2) is 11.5 Å². The number of methoxy groups -OCH3 is 2. The van der Waals surface area contributed by atoms with E-state index in [4.69, 9.17) is 9.47 Å². The molecule has 0 saturated heterocycles. The van der Waals surface area contributed by atoms with Crippen LogP contribution in [0.2, 0.25) is 0 Å². The first-order chi connectivity index (χ1) is 10.1. The number of rotatable bonds is 6. The monoisotopic (exact) mass is 291 g/mol. The van der Waals surface area contributed by atoms with E-state index in [-0.39, 0.29) is 0 Å². The summed E-state index contributed by atoms with van der Waals surface area (Å²) in [6.07, 6.45) is 6.45. The summed E-state index contributed by atoms with van der Waals surface area (Å²) in [5, 5.41) is 3.81. The number of nitrogens with one attached hydrogen (secondary N) is 1. The highest BCUT2D eigenvalue weighted by Gasteiger charge is 2.22. The van der Waals surface area contributed by atoms with Crippen molar-refractivity contribution in [2.24, 2.45) is 5.92 Å². The van der Waals surface area contributed by atoms with Gasteiger partial charge in [0.25, 0.3) is 0 Å². The predicted octanol–water partition coefficient (Wildman–Crippen LogP) is 3.80. The van der Waals surface area contributed by atoms with Gasteiger partial charge in [0.2, 0.25) is 0 Å². The highest BCUT2D eigenvalue weighted by molar-refractivity contribution is 5.43. The maximum absolute atomic E-state index is 5.38. The van der Waals surface area contributed by atoms with Crippen LogP contribution in [0, 0.1) is 5.92 Å². The fourth-order valence-electron chi connectivity index (χ4n) is 3.35. The van der Waals surface area contributed by atoms with Crippen LogP contribution in [0.5, 0.6) is 11.5 Å². The summed E-state index contributed by atoms with van der Waals surface area (Å²) >= 11 is 0. The predicted molar refractivity (Wildman–Crippen MR) is 87.3 cm³/mol. The second-order valence-corrected chi connectivity index (χ2v) is 6.33. The van der Waals surface area contributed by atoms with Gasteiger partial charge in [-0.05, 0) is 49.8 Å². The molecular weight excluding hydrogens is 262 g/mol. The molecule has 1 aromatic carbocycles. The molecule has 118 valence electrons. The minimum Gasteiger partial charge on any atom is -0.493 e. The first-order valence-corrected chi connectivity index (χ1v) is 8.11. The smallest absolute Gasteiger partial charge is 0.160 e. The van der Waals surface area contributed by atoms with Crippen molar-refractivity contribution in [3.8, 4) is 11.5 Å². The summed E-state index contributed by atoms with van der Waals surface area (Å²) in [4.78, 5) is 0. The molecule has 1 aliphatic carbocycles. The molecule has 0 aliphatic heterocycles. The van der Waals surface area contributed by atoms with E-state index in [1.165, 1.54) is 31.2 Å². The fourth-order valence-corrected chi connectivity index (χ4v) is 3.35. The normalized spacial score (nSPS) is 23.6. The molecule has 1 fully saturated rings. The first-order valence-electron chi connectivity index (χ1n) is 8.11. The summed E-state index contributed by atoms with van der Waals surface area (Å²) in [7, 11) is 3.36. The van der Waals surface area contributed by atoms with Gasteiger partial charge in [-0.25, -0.2) is 0 Å². The van der Waals surface area contributed by atoms with Crippen molar-refractivity contribution in [3.05, 3.63) is 23.8 Å². The molecule has 0 unspecified atom stereocenters. The van der Waals surface area contributed by atoms with Crippen LogP contribution in [0.1, 0.15) is 45.1 Å². The highest BCUT2D eigenvalue weighted by atomic mass is 16.5. The molecule has 0 heterocycles. The van der Waals surface area contributed by atoms with E-state index in [9.17, 15) is 0 Å². The molecular formula is C18H29NO2. The molecule has 2 rings (SSSR count). The second-order valence-electron chi connectivity index (χ2n) is 6.33. The van der Waals surface area contributed by atoms with Gasteiger partial charge in [0.05, 0.1) is 14.2 Å². The number of benzene rings is 1. The third-order valence-electron chi connectivity index (χ3n) is 4.60. The molecule has 0 spiro atoms. The van der Waals surface area contributed by atoms with Crippen LogP contribution < -0.4 is 14.8 Å². The SMILES string of the molecule is COc1ccc(C[C@H](C)N[C@H]2CCCC[C@H]2C)cc1OC. The van der Waals surface area contributed by atoms with Crippen molar-refractivity contribution in [2.45, 2.75) is 58.0 Å². The van der Waals surface area contributed by atoms with Gasteiger partial charge in [-0.3, -0.25) is 0 Å².